The number of nitrogens with zero attached hydrogens (tertiary/aromatic N) is 1. The monoisotopic (exact) mass is 289 g/mol. The number of hydrogen-bond acceptors (Lipinski definition) is 4. The second-order valence-corrected chi connectivity index (χ2v) is 5.91. The van der Waals surface area contributed by atoms with Gasteiger partial charge in [0.2, 0.25) is 9.84 Å². The highest BCUT2D eigenvalue weighted by atomic mass is 32.2. The molecule has 0 amide bonds. The molecule has 0 aromatic heterocycles. The fraction of sp³-hybridized carbons (Fsp3) is 0. The Morgan fingerprint density at radius 2 is 1.65 bits per heavy atom. The minimum absolute atomic E-state index is 0.0115. The van der Waals surface area contributed by atoms with E-state index in [-0.39, 0.29) is 15.5 Å². The van der Waals surface area contributed by atoms with E-state index in [0.29, 0.717) is 5.56 Å². The molecule has 20 heavy (non-hydrogen) atoms. The lowest BCUT2D eigenvalue weighted by Crippen LogP contribution is -2.04. The van der Waals surface area contributed by atoms with E-state index < -0.39 is 14.8 Å². The molecule has 0 radical (unpaired) electrons. The lowest BCUT2D eigenvalue weighted by atomic mass is 10.2. The molecule has 0 saturated heterocycles. The fourth-order valence-corrected chi connectivity index (χ4v) is 3.24. The molecule has 0 unspecified atom stereocenters. The molecule has 0 heterocycles. The molecule has 0 aliphatic rings. The molecule has 5 nitrogen and oxygen atoms in total. The van der Waals surface area contributed by atoms with E-state index in [0.717, 1.165) is 0 Å². The average Bonchev–Trinajstić information content (AvgIpc) is 2.47. The summed E-state index contributed by atoms with van der Waals surface area (Å²) >= 11 is 0. The van der Waals surface area contributed by atoms with Gasteiger partial charge in [-0.05, 0) is 23.8 Å². The molecule has 0 aliphatic heterocycles. The summed E-state index contributed by atoms with van der Waals surface area (Å²) in [5, 5.41) is 10.6. The highest BCUT2D eigenvalue weighted by Gasteiger charge is 2.20. The third-order valence-corrected chi connectivity index (χ3v) is 4.63. The maximum Gasteiger partial charge on any atom is 0.269 e. The Bertz CT molecular complexity index is 764. The first-order chi connectivity index (χ1) is 9.46. The Kier molecular flexibility index (Phi) is 3.67. The Labute approximate surface area is 116 Å². The topological polar surface area (TPSA) is 77.3 Å². The van der Waals surface area contributed by atoms with E-state index in [1.807, 2.05) is 0 Å². The van der Waals surface area contributed by atoms with E-state index in [1.54, 1.807) is 18.2 Å². The first-order valence-corrected chi connectivity index (χ1v) is 7.16. The standard InChI is InChI=1S/C14H11NO4S/c1-2-11-5-3-4-6-14(11)20(18,19)13-9-7-12(8-10-13)15(16)17/h2-10H,1H2. The third kappa shape index (κ3) is 2.46. The van der Waals surface area contributed by atoms with E-state index >= 15 is 0 Å². The predicted molar refractivity (Wildman–Crippen MR) is 75.1 cm³/mol. The summed E-state index contributed by atoms with van der Waals surface area (Å²) in [4.78, 5) is 10.1. The molecule has 0 spiro atoms. The van der Waals surface area contributed by atoms with Crippen molar-refractivity contribution in [2.45, 2.75) is 9.79 Å². The third-order valence-electron chi connectivity index (χ3n) is 2.79. The van der Waals surface area contributed by atoms with Gasteiger partial charge in [-0.25, -0.2) is 8.42 Å². The Morgan fingerprint density at radius 1 is 1.05 bits per heavy atom. The maximum absolute atomic E-state index is 12.5. The van der Waals surface area contributed by atoms with E-state index in [4.69, 9.17) is 0 Å². The summed E-state index contributed by atoms with van der Waals surface area (Å²) in [5.41, 5.74) is 0.340. The van der Waals surface area contributed by atoms with Gasteiger partial charge >= 0.3 is 0 Å². The van der Waals surface area contributed by atoms with Crippen LogP contribution in [-0.4, -0.2) is 13.3 Å². The van der Waals surface area contributed by atoms with Crippen molar-refractivity contribution in [3.05, 3.63) is 70.8 Å². The minimum Gasteiger partial charge on any atom is -0.258 e. The van der Waals surface area contributed by atoms with Crippen molar-refractivity contribution in [2.24, 2.45) is 0 Å². The van der Waals surface area contributed by atoms with Crippen molar-refractivity contribution in [1.29, 1.82) is 0 Å². The Hall–Kier alpha value is -2.47. The van der Waals surface area contributed by atoms with Crippen LogP contribution in [0.1, 0.15) is 5.56 Å². The van der Waals surface area contributed by atoms with Gasteiger partial charge in [0.25, 0.3) is 5.69 Å². The number of hydrogen-bond donors (Lipinski definition) is 0. The van der Waals surface area contributed by atoms with Crippen LogP contribution < -0.4 is 0 Å². The molecule has 0 fully saturated rings. The number of nitro groups is 1. The number of nitro benzene ring substituents is 1. The molecular weight excluding hydrogens is 278 g/mol. The van der Waals surface area contributed by atoms with Crippen LogP contribution in [0.3, 0.4) is 0 Å². The van der Waals surface area contributed by atoms with Crippen LogP contribution in [0.25, 0.3) is 6.08 Å². The molecule has 0 saturated carbocycles. The van der Waals surface area contributed by atoms with Gasteiger partial charge in [-0.3, -0.25) is 10.1 Å². The SMILES string of the molecule is C=Cc1ccccc1S(=O)(=O)c1ccc([N+](=O)[O-])cc1. The second kappa shape index (κ2) is 5.26. The summed E-state index contributed by atoms with van der Waals surface area (Å²) in [6.45, 7) is 3.58. The largest absolute Gasteiger partial charge is 0.269 e. The Balaban J connectivity index is 2.55. The van der Waals surface area contributed by atoms with Crippen LogP contribution in [-0.2, 0) is 9.84 Å². The van der Waals surface area contributed by atoms with E-state index in [2.05, 4.69) is 6.58 Å². The summed E-state index contributed by atoms with van der Waals surface area (Å²) in [5.74, 6) is 0. The fourth-order valence-electron chi connectivity index (χ4n) is 1.77. The number of rotatable bonds is 4. The highest BCUT2D eigenvalue weighted by Crippen LogP contribution is 2.26. The van der Waals surface area contributed by atoms with Crippen molar-refractivity contribution in [3.8, 4) is 0 Å². The quantitative estimate of drug-likeness (QED) is 0.640. The van der Waals surface area contributed by atoms with Crippen LogP contribution in [0.15, 0.2) is 64.9 Å². The molecule has 2 rings (SSSR count). The number of benzene rings is 2. The van der Waals surface area contributed by atoms with Crippen molar-refractivity contribution in [3.63, 3.8) is 0 Å². The summed E-state index contributed by atoms with van der Waals surface area (Å²) in [6, 6.07) is 11.3. The van der Waals surface area contributed by atoms with Crippen molar-refractivity contribution >= 4 is 21.6 Å². The summed E-state index contributed by atoms with van der Waals surface area (Å²) in [6.07, 6.45) is 1.46. The first kappa shape index (κ1) is 14.0. The van der Waals surface area contributed by atoms with Gasteiger partial charge in [-0.1, -0.05) is 30.9 Å². The zero-order valence-corrected chi connectivity index (χ0v) is 11.2. The van der Waals surface area contributed by atoms with Crippen LogP contribution in [0, 0.1) is 10.1 Å². The first-order valence-electron chi connectivity index (χ1n) is 5.68. The number of sulfone groups is 1. The van der Waals surface area contributed by atoms with Crippen LogP contribution in [0.5, 0.6) is 0 Å². The molecule has 0 aliphatic carbocycles. The summed E-state index contributed by atoms with van der Waals surface area (Å²) < 4.78 is 25.0. The van der Waals surface area contributed by atoms with Crippen LogP contribution in [0.4, 0.5) is 5.69 Å². The maximum atomic E-state index is 12.5. The zero-order valence-electron chi connectivity index (χ0n) is 10.4. The van der Waals surface area contributed by atoms with E-state index in [1.165, 1.54) is 36.4 Å². The van der Waals surface area contributed by atoms with Gasteiger partial charge < -0.3 is 0 Å². The normalized spacial score (nSPS) is 11.0. The molecule has 2 aromatic rings. The Morgan fingerprint density at radius 3 is 2.20 bits per heavy atom. The molecule has 0 atom stereocenters. The van der Waals surface area contributed by atoms with Crippen molar-refractivity contribution in [2.75, 3.05) is 0 Å². The molecule has 102 valence electrons. The van der Waals surface area contributed by atoms with Gasteiger partial charge in [0.1, 0.15) is 0 Å². The lowest BCUT2D eigenvalue weighted by molar-refractivity contribution is -0.384. The smallest absolute Gasteiger partial charge is 0.258 e. The van der Waals surface area contributed by atoms with Crippen molar-refractivity contribution < 1.29 is 13.3 Å². The predicted octanol–water partition coefficient (Wildman–Crippen LogP) is 3.07. The van der Waals surface area contributed by atoms with Gasteiger partial charge in [-0.2, -0.15) is 0 Å². The van der Waals surface area contributed by atoms with Gasteiger partial charge in [0.15, 0.2) is 0 Å². The van der Waals surface area contributed by atoms with Gasteiger partial charge in [0.05, 0.1) is 14.7 Å². The minimum atomic E-state index is -3.72. The van der Waals surface area contributed by atoms with E-state index in [9.17, 15) is 18.5 Å². The molecule has 0 bridgehead atoms. The summed E-state index contributed by atoms with van der Waals surface area (Å²) in [7, 11) is -3.72. The molecular formula is C14H11NO4S. The highest BCUT2D eigenvalue weighted by molar-refractivity contribution is 7.91. The molecule has 0 N–H and O–H groups in total. The molecule has 6 heteroatoms. The van der Waals surface area contributed by atoms with Crippen LogP contribution in [0.2, 0.25) is 0 Å². The average molecular weight is 289 g/mol. The van der Waals surface area contributed by atoms with Gasteiger partial charge in [-0.15, -0.1) is 0 Å². The molecule has 2 aromatic carbocycles. The van der Waals surface area contributed by atoms with Crippen molar-refractivity contribution in [1.82, 2.24) is 0 Å². The lowest BCUT2D eigenvalue weighted by Gasteiger charge is -2.07. The second-order valence-electron chi connectivity index (χ2n) is 4.00. The van der Waals surface area contributed by atoms with Crippen LogP contribution >= 0.6 is 0 Å². The zero-order chi connectivity index (χ0) is 14.8. The van der Waals surface area contributed by atoms with Gasteiger partial charge in [0, 0.05) is 12.1 Å². The number of non-ortho nitro benzene ring substituents is 1.